The average Bonchev–Trinajstić information content (AvgIpc) is 3.53. The molecule has 1 aliphatic carbocycles. The van der Waals surface area contributed by atoms with Gasteiger partial charge in [0.2, 0.25) is 5.43 Å². The van der Waals surface area contributed by atoms with Gasteiger partial charge in [-0.05, 0) is 11.6 Å². The number of anilines is 1. The Labute approximate surface area is 192 Å². The van der Waals surface area contributed by atoms with Gasteiger partial charge in [-0.1, -0.05) is 35.5 Å². The number of carboxylic acid groups (broad SMARTS) is 1. The number of fused-ring (bicyclic) bond motifs is 1. The van der Waals surface area contributed by atoms with Gasteiger partial charge in [0.1, 0.15) is 29.7 Å². The summed E-state index contributed by atoms with van der Waals surface area (Å²) in [6.07, 6.45) is 0.0482. The predicted octanol–water partition coefficient (Wildman–Crippen LogP) is 2.24. The highest BCUT2D eigenvalue weighted by atomic mass is 19.1. The first-order valence-corrected chi connectivity index (χ1v) is 10.7. The van der Waals surface area contributed by atoms with E-state index in [-0.39, 0.29) is 43.0 Å². The van der Waals surface area contributed by atoms with Crippen molar-refractivity contribution in [3.05, 3.63) is 69.8 Å². The lowest BCUT2D eigenvalue weighted by Gasteiger charge is -2.42. The number of oxime groups is 1. The van der Waals surface area contributed by atoms with Crippen molar-refractivity contribution in [2.45, 2.75) is 31.3 Å². The Bertz CT molecular complexity index is 1360. The molecule has 0 spiro atoms. The van der Waals surface area contributed by atoms with Crippen molar-refractivity contribution in [3.8, 4) is 0 Å². The minimum Gasteiger partial charge on any atom is -0.477 e. The normalized spacial score (nSPS) is 22.6. The number of pyridine rings is 2. The molecule has 11 heteroatoms. The lowest BCUT2D eigenvalue weighted by Crippen LogP contribution is -2.61. The van der Waals surface area contributed by atoms with Crippen molar-refractivity contribution >= 4 is 28.5 Å². The Morgan fingerprint density at radius 3 is 2.71 bits per heavy atom. The van der Waals surface area contributed by atoms with E-state index in [0.29, 0.717) is 5.71 Å². The lowest BCUT2D eigenvalue weighted by atomic mass is 10.0. The molecule has 3 heterocycles. The first kappa shape index (κ1) is 22.0. The van der Waals surface area contributed by atoms with Crippen LogP contribution in [0.5, 0.6) is 0 Å². The van der Waals surface area contributed by atoms with Crippen molar-refractivity contribution < 1.29 is 23.5 Å². The van der Waals surface area contributed by atoms with Gasteiger partial charge < -0.3 is 25.1 Å². The zero-order chi connectivity index (χ0) is 24.0. The molecule has 34 heavy (non-hydrogen) atoms. The fraction of sp³-hybridized carbons (Fsp3) is 0.304. The number of aromatic nitrogens is 2. The van der Waals surface area contributed by atoms with Crippen molar-refractivity contribution in [2.75, 3.05) is 18.0 Å². The van der Waals surface area contributed by atoms with E-state index < -0.39 is 41.0 Å². The minimum absolute atomic E-state index is 0.0260. The zero-order valence-corrected chi connectivity index (χ0v) is 17.9. The third-order valence-electron chi connectivity index (χ3n) is 6.05. The van der Waals surface area contributed by atoms with Crippen LogP contribution in [-0.2, 0) is 11.4 Å². The third-order valence-corrected chi connectivity index (χ3v) is 6.05. The lowest BCUT2D eigenvalue weighted by molar-refractivity contribution is 0.0694. The average molecular weight is 469 g/mol. The molecule has 2 aromatic heterocycles. The molecular weight excluding hydrogens is 448 g/mol. The molecule has 3 N–H and O–H groups in total. The summed E-state index contributed by atoms with van der Waals surface area (Å²) < 4.78 is 30.2. The van der Waals surface area contributed by atoms with Gasteiger partial charge in [-0.25, -0.2) is 18.6 Å². The maximum Gasteiger partial charge on any atom is 0.341 e. The summed E-state index contributed by atoms with van der Waals surface area (Å²) in [4.78, 5) is 35.4. The van der Waals surface area contributed by atoms with Gasteiger partial charge in [-0.3, -0.25) is 4.79 Å². The Morgan fingerprint density at radius 2 is 2.06 bits per heavy atom. The minimum atomic E-state index is -1.47. The number of hydrogen-bond donors (Lipinski definition) is 2. The monoisotopic (exact) mass is 469 g/mol. The number of aromatic carboxylic acids is 1. The molecule has 0 unspecified atom stereocenters. The van der Waals surface area contributed by atoms with Crippen molar-refractivity contribution in [3.63, 3.8) is 0 Å². The predicted molar refractivity (Wildman–Crippen MR) is 120 cm³/mol. The number of carbonyl (C=O) groups is 1. The number of carboxylic acids is 1. The number of nitrogens with two attached hydrogens (primary N) is 1. The van der Waals surface area contributed by atoms with Gasteiger partial charge in [-0.2, -0.15) is 0 Å². The molecule has 9 nitrogen and oxygen atoms in total. The zero-order valence-electron chi connectivity index (χ0n) is 17.9. The van der Waals surface area contributed by atoms with Gasteiger partial charge in [0.05, 0.1) is 24.0 Å². The summed E-state index contributed by atoms with van der Waals surface area (Å²) in [6, 6.07) is 9.30. The molecule has 0 radical (unpaired) electrons. The van der Waals surface area contributed by atoms with E-state index in [9.17, 15) is 19.1 Å². The van der Waals surface area contributed by atoms with Crippen LogP contribution in [0.4, 0.5) is 14.6 Å². The van der Waals surface area contributed by atoms with E-state index in [1.807, 2.05) is 30.3 Å². The van der Waals surface area contributed by atoms with Crippen LogP contribution in [0.15, 0.2) is 52.5 Å². The van der Waals surface area contributed by atoms with Crippen LogP contribution in [0, 0.1) is 5.82 Å². The van der Waals surface area contributed by atoms with Crippen molar-refractivity contribution in [1.29, 1.82) is 0 Å². The maximum absolute atomic E-state index is 15.1. The van der Waals surface area contributed by atoms with Crippen LogP contribution in [0.3, 0.4) is 0 Å². The van der Waals surface area contributed by atoms with E-state index in [0.717, 1.165) is 17.8 Å². The molecule has 5 rings (SSSR count). The van der Waals surface area contributed by atoms with E-state index in [2.05, 4.69) is 10.1 Å². The summed E-state index contributed by atoms with van der Waals surface area (Å²) in [5.74, 6) is -2.35. The first-order chi connectivity index (χ1) is 16.4. The summed E-state index contributed by atoms with van der Waals surface area (Å²) in [5, 5.41) is 13.3. The van der Waals surface area contributed by atoms with Gasteiger partial charge in [-0.15, -0.1) is 0 Å². The smallest absolute Gasteiger partial charge is 0.341 e. The molecule has 0 amide bonds. The molecule has 1 aromatic carbocycles. The van der Waals surface area contributed by atoms with Crippen LogP contribution < -0.4 is 16.1 Å². The topological polar surface area (TPSA) is 123 Å². The summed E-state index contributed by atoms with van der Waals surface area (Å²) in [5.41, 5.74) is 6.04. The highest BCUT2D eigenvalue weighted by molar-refractivity contribution is 6.03. The number of halogens is 2. The van der Waals surface area contributed by atoms with Gasteiger partial charge >= 0.3 is 5.97 Å². The number of alkyl halides is 1. The number of benzene rings is 1. The Kier molecular flexibility index (Phi) is 5.48. The molecule has 1 saturated carbocycles. The molecule has 2 fully saturated rings. The van der Waals surface area contributed by atoms with E-state index in [1.165, 1.54) is 4.57 Å². The van der Waals surface area contributed by atoms with Crippen LogP contribution in [-0.4, -0.2) is 51.6 Å². The maximum atomic E-state index is 15.1. The molecule has 1 aliphatic heterocycles. The van der Waals surface area contributed by atoms with Gasteiger partial charge in [0, 0.05) is 19.2 Å². The second-order valence-corrected chi connectivity index (χ2v) is 8.29. The number of nitrogens with zero attached hydrogens (tertiary/aromatic N) is 4. The molecular formula is C23H21F2N5O4. The highest BCUT2D eigenvalue weighted by Gasteiger charge is 2.42. The van der Waals surface area contributed by atoms with Gasteiger partial charge in [0.15, 0.2) is 11.6 Å². The van der Waals surface area contributed by atoms with E-state index in [4.69, 9.17) is 10.6 Å². The second-order valence-electron chi connectivity index (χ2n) is 8.29. The van der Waals surface area contributed by atoms with E-state index in [1.54, 1.807) is 4.90 Å². The highest BCUT2D eigenvalue weighted by Crippen LogP contribution is 2.40. The number of hydrogen-bond acceptors (Lipinski definition) is 7. The van der Waals surface area contributed by atoms with Crippen molar-refractivity contribution in [1.82, 2.24) is 9.55 Å². The fourth-order valence-electron chi connectivity index (χ4n) is 4.08. The SMILES string of the molecule is NC[C@H]1/C(=N\OCc2ccccc2)CN1c1nc2c(cc1F)c(=O)c(C(=O)O)cn2[C@@H]1C[C@@H]1F. The Balaban J connectivity index is 1.46. The van der Waals surface area contributed by atoms with Crippen LogP contribution in [0.25, 0.3) is 11.0 Å². The Morgan fingerprint density at radius 1 is 1.32 bits per heavy atom. The Hall–Kier alpha value is -3.86. The first-order valence-electron chi connectivity index (χ1n) is 10.7. The van der Waals surface area contributed by atoms with Gasteiger partial charge in [0.25, 0.3) is 0 Å². The third kappa shape index (κ3) is 3.77. The summed E-state index contributed by atoms with van der Waals surface area (Å²) in [7, 11) is 0. The van der Waals surface area contributed by atoms with E-state index >= 15 is 4.39 Å². The quantitative estimate of drug-likeness (QED) is 0.509. The summed E-state index contributed by atoms with van der Waals surface area (Å²) >= 11 is 0. The van der Waals surface area contributed by atoms with Crippen molar-refractivity contribution in [2.24, 2.45) is 10.9 Å². The largest absolute Gasteiger partial charge is 0.477 e. The molecule has 3 atom stereocenters. The molecule has 2 aliphatic rings. The molecule has 1 saturated heterocycles. The van der Waals surface area contributed by atoms with Crippen LogP contribution in [0.2, 0.25) is 0 Å². The standard InChI is InChI=1S/C23H21F2N5O4/c24-15-7-18(15)29-9-14(23(32)33)20(31)13-6-16(25)22(27-21(13)29)30-10-17(19(30)8-26)28-34-11-12-4-2-1-3-5-12/h1-6,9,15,18-19H,7-8,10-11,26H2,(H,32,33)/b28-17-/t15-,18+,19-/m0/s1. The molecule has 0 bridgehead atoms. The van der Waals surface area contributed by atoms with Crippen LogP contribution in [0.1, 0.15) is 28.4 Å². The number of rotatable bonds is 7. The molecule has 176 valence electrons. The van der Waals surface area contributed by atoms with Crippen LogP contribution >= 0.6 is 0 Å². The molecule has 3 aromatic rings. The summed E-state index contributed by atoms with van der Waals surface area (Å²) in [6.45, 7) is 0.597. The fourth-order valence-corrected chi connectivity index (χ4v) is 4.08. The second kappa shape index (κ2) is 8.49.